The van der Waals surface area contributed by atoms with Gasteiger partial charge in [0.2, 0.25) is 0 Å². The highest BCUT2D eigenvalue weighted by Gasteiger charge is 2.53. The van der Waals surface area contributed by atoms with Crippen molar-refractivity contribution in [3.05, 3.63) is 40.7 Å². The molecule has 4 heterocycles. The van der Waals surface area contributed by atoms with Gasteiger partial charge in [0, 0.05) is 35.8 Å². The summed E-state index contributed by atoms with van der Waals surface area (Å²) in [6.45, 7) is 9.20. The number of piperidine rings is 1. The SMILES string of the molecule is CCOc1cccc2c1OC(C)(C)[C@H]1CC3(CCN(C(=O)c4n[nH]c5c4CCCCC5)CC3)CO[C@H]21. The van der Waals surface area contributed by atoms with Gasteiger partial charge in [-0.15, -0.1) is 0 Å². The van der Waals surface area contributed by atoms with Gasteiger partial charge in [-0.3, -0.25) is 9.89 Å². The molecule has 2 atom stereocenters. The second-order valence-electron chi connectivity index (χ2n) is 11.7. The predicted octanol–water partition coefficient (Wildman–Crippen LogP) is 5.25. The third-order valence-corrected chi connectivity index (χ3v) is 9.08. The molecule has 2 saturated heterocycles. The lowest BCUT2D eigenvalue weighted by atomic mass is 9.64. The first-order valence-electron chi connectivity index (χ1n) is 13.8. The first kappa shape index (κ1) is 23.8. The van der Waals surface area contributed by atoms with Crippen LogP contribution in [0.1, 0.15) is 92.7 Å². The topological polar surface area (TPSA) is 76.7 Å². The van der Waals surface area contributed by atoms with Crippen molar-refractivity contribution >= 4 is 5.91 Å². The second kappa shape index (κ2) is 9.09. The summed E-state index contributed by atoms with van der Waals surface area (Å²) in [5, 5.41) is 7.63. The van der Waals surface area contributed by atoms with Gasteiger partial charge in [0.1, 0.15) is 5.60 Å². The smallest absolute Gasteiger partial charge is 0.274 e. The minimum absolute atomic E-state index is 0.00829. The number of aryl methyl sites for hydroxylation is 1. The van der Waals surface area contributed by atoms with Crippen molar-refractivity contribution in [2.45, 2.75) is 83.8 Å². The zero-order valence-electron chi connectivity index (χ0n) is 21.9. The van der Waals surface area contributed by atoms with E-state index in [1.54, 1.807) is 0 Å². The Bertz CT molecular complexity index is 1130. The molecule has 0 saturated carbocycles. The number of H-pyrrole nitrogens is 1. The van der Waals surface area contributed by atoms with Crippen LogP contribution in [0, 0.1) is 11.3 Å². The zero-order chi connectivity index (χ0) is 24.9. The van der Waals surface area contributed by atoms with Crippen LogP contribution in [0.2, 0.25) is 0 Å². The fourth-order valence-corrected chi connectivity index (χ4v) is 6.92. The van der Waals surface area contributed by atoms with Crippen molar-refractivity contribution in [1.29, 1.82) is 0 Å². The van der Waals surface area contributed by atoms with E-state index in [2.05, 4.69) is 30.1 Å². The van der Waals surface area contributed by atoms with E-state index in [9.17, 15) is 4.79 Å². The molecular formula is C29H39N3O4. The lowest BCUT2D eigenvalue weighted by Gasteiger charge is -2.54. The third-order valence-electron chi connectivity index (χ3n) is 9.08. The molecule has 0 unspecified atom stereocenters. The van der Waals surface area contributed by atoms with Gasteiger partial charge in [0.25, 0.3) is 5.91 Å². The molecule has 194 valence electrons. The molecule has 1 amide bonds. The molecule has 1 N–H and O–H groups in total. The number of carbonyl (C=O) groups is 1. The van der Waals surface area contributed by atoms with Gasteiger partial charge in [0.05, 0.1) is 19.3 Å². The van der Waals surface area contributed by atoms with E-state index in [0.717, 1.165) is 80.8 Å². The molecule has 4 aliphatic rings. The molecule has 3 aliphatic heterocycles. The average Bonchev–Trinajstić information content (AvgIpc) is 3.13. The monoisotopic (exact) mass is 493 g/mol. The number of fused-ring (bicyclic) bond motifs is 4. The lowest BCUT2D eigenvalue weighted by molar-refractivity contribution is -0.173. The zero-order valence-corrected chi connectivity index (χ0v) is 21.9. The number of carbonyl (C=O) groups excluding carboxylic acids is 1. The summed E-state index contributed by atoms with van der Waals surface area (Å²) in [6.07, 6.45) is 8.47. The van der Waals surface area contributed by atoms with E-state index >= 15 is 0 Å². The summed E-state index contributed by atoms with van der Waals surface area (Å²) >= 11 is 0. The van der Waals surface area contributed by atoms with Gasteiger partial charge in [-0.25, -0.2) is 0 Å². The number of para-hydroxylation sites is 1. The van der Waals surface area contributed by atoms with Crippen LogP contribution in [0.3, 0.4) is 0 Å². The number of nitrogens with zero attached hydrogens (tertiary/aromatic N) is 2. The highest BCUT2D eigenvalue weighted by molar-refractivity contribution is 5.94. The van der Waals surface area contributed by atoms with Crippen LogP contribution < -0.4 is 9.47 Å². The Labute approximate surface area is 213 Å². The van der Waals surface area contributed by atoms with Gasteiger partial charge >= 0.3 is 0 Å². The summed E-state index contributed by atoms with van der Waals surface area (Å²) in [7, 11) is 0. The van der Waals surface area contributed by atoms with Crippen LogP contribution in [-0.4, -0.2) is 52.9 Å². The first-order valence-corrected chi connectivity index (χ1v) is 13.8. The van der Waals surface area contributed by atoms with E-state index in [-0.39, 0.29) is 28.9 Å². The number of nitrogens with one attached hydrogen (secondary N) is 1. The number of hydrogen-bond donors (Lipinski definition) is 1. The Kier molecular flexibility index (Phi) is 6.02. The molecule has 6 rings (SSSR count). The summed E-state index contributed by atoms with van der Waals surface area (Å²) in [5.41, 5.74) is 3.81. The lowest BCUT2D eigenvalue weighted by Crippen LogP contribution is -2.54. The van der Waals surface area contributed by atoms with Gasteiger partial charge < -0.3 is 19.1 Å². The number of rotatable bonds is 3. The Balaban J connectivity index is 1.17. The Morgan fingerprint density at radius 3 is 2.81 bits per heavy atom. The number of amides is 1. The summed E-state index contributed by atoms with van der Waals surface area (Å²) in [5.74, 6) is 1.98. The van der Waals surface area contributed by atoms with Crippen molar-refractivity contribution in [3.63, 3.8) is 0 Å². The highest BCUT2D eigenvalue weighted by Crippen LogP contribution is 2.57. The predicted molar refractivity (Wildman–Crippen MR) is 137 cm³/mol. The van der Waals surface area contributed by atoms with Crippen LogP contribution in [-0.2, 0) is 17.6 Å². The number of aromatic amines is 1. The number of benzene rings is 1. The number of ether oxygens (including phenoxy) is 3. The van der Waals surface area contributed by atoms with Crippen LogP contribution >= 0.6 is 0 Å². The van der Waals surface area contributed by atoms with E-state index in [1.807, 2.05) is 24.0 Å². The normalized spacial score (nSPS) is 26.2. The second-order valence-corrected chi connectivity index (χ2v) is 11.7. The minimum atomic E-state index is -0.363. The van der Waals surface area contributed by atoms with Crippen molar-refractivity contribution in [3.8, 4) is 11.5 Å². The number of likely N-dealkylation sites (tertiary alicyclic amines) is 1. The summed E-state index contributed by atoms with van der Waals surface area (Å²) < 4.78 is 19.1. The molecule has 1 spiro atoms. The maximum Gasteiger partial charge on any atom is 0.274 e. The van der Waals surface area contributed by atoms with E-state index < -0.39 is 0 Å². The van der Waals surface area contributed by atoms with Crippen molar-refractivity contribution < 1.29 is 19.0 Å². The van der Waals surface area contributed by atoms with Gasteiger partial charge in [0.15, 0.2) is 17.2 Å². The van der Waals surface area contributed by atoms with Gasteiger partial charge in [-0.05, 0) is 77.2 Å². The molecule has 1 aromatic heterocycles. The first-order chi connectivity index (χ1) is 17.4. The minimum Gasteiger partial charge on any atom is -0.490 e. The third kappa shape index (κ3) is 4.00. The fourth-order valence-electron chi connectivity index (χ4n) is 6.92. The van der Waals surface area contributed by atoms with Crippen molar-refractivity contribution in [2.75, 3.05) is 26.3 Å². The molecule has 0 bridgehead atoms. The van der Waals surface area contributed by atoms with E-state index in [0.29, 0.717) is 12.3 Å². The van der Waals surface area contributed by atoms with Crippen LogP contribution in [0.4, 0.5) is 0 Å². The molecule has 7 nitrogen and oxygen atoms in total. The fraction of sp³-hybridized carbons (Fsp3) is 0.655. The molecule has 1 aromatic carbocycles. The molecule has 2 aromatic rings. The maximum atomic E-state index is 13.5. The van der Waals surface area contributed by atoms with Crippen LogP contribution in [0.5, 0.6) is 11.5 Å². The van der Waals surface area contributed by atoms with Crippen LogP contribution in [0.15, 0.2) is 18.2 Å². The maximum absolute atomic E-state index is 13.5. The Hall–Kier alpha value is -2.54. The highest BCUT2D eigenvalue weighted by atomic mass is 16.5. The number of aromatic nitrogens is 2. The molecular weight excluding hydrogens is 454 g/mol. The van der Waals surface area contributed by atoms with Gasteiger partial charge in [-0.2, -0.15) is 5.10 Å². The Morgan fingerprint density at radius 1 is 1.19 bits per heavy atom. The molecule has 0 radical (unpaired) electrons. The van der Waals surface area contributed by atoms with Crippen molar-refractivity contribution in [1.82, 2.24) is 15.1 Å². The van der Waals surface area contributed by atoms with E-state index in [4.69, 9.17) is 14.2 Å². The number of hydrogen-bond acceptors (Lipinski definition) is 5. The molecule has 2 fully saturated rings. The molecule has 36 heavy (non-hydrogen) atoms. The van der Waals surface area contributed by atoms with E-state index in [1.165, 1.54) is 18.5 Å². The quantitative estimate of drug-likeness (QED) is 0.591. The molecule has 1 aliphatic carbocycles. The van der Waals surface area contributed by atoms with Gasteiger partial charge in [-0.1, -0.05) is 18.6 Å². The summed E-state index contributed by atoms with van der Waals surface area (Å²) in [6, 6.07) is 6.14. The largest absolute Gasteiger partial charge is 0.490 e. The summed E-state index contributed by atoms with van der Waals surface area (Å²) in [4.78, 5) is 15.5. The average molecular weight is 494 g/mol. The van der Waals surface area contributed by atoms with Crippen LogP contribution in [0.25, 0.3) is 0 Å². The molecule has 7 heteroatoms. The standard InChI is InChI=1S/C29H39N3O4/c1-4-34-23-12-8-10-20-25-21(28(2,3)36-26(20)23)17-29(18-35-25)13-15-32(16-14-29)27(33)24-19-9-6-5-7-11-22(19)30-31-24/h8,10,12,21,25H,4-7,9,11,13-18H2,1-3H3,(H,30,31)/t21-,25+/m0/s1. The van der Waals surface area contributed by atoms with Crippen molar-refractivity contribution in [2.24, 2.45) is 11.3 Å². The Morgan fingerprint density at radius 2 is 2.00 bits per heavy atom.